The molecule has 0 atom stereocenters. The zero-order valence-electron chi connectivity index (χ0n) is 18.8. The molecule has 0 spiro atoms. The topological polar surface area (TPSA) is 56.0 Å². The number of anilines is 1. The van der Waals surface area contributed by atoms with Crippen molar-refractivity contribution >= 4 is 23.2 Å². The molecule has 3 rings (SSSR count). The van der Waals surface area contributed by atoms with Crippen LogP contribution in [0.25, 0.3) is 11.4 Å². The van der Waals surface area contributed by atoms with Crippen molar-refractivity contribution in [2.24, 2.45) is 7.05 Å². The van der Waals surface area contributed by atoms with Crippen molar-refractivity contribution in [3.8, 4) is 11.4 Å². The highest BCUT2D eigenvalue weighted by atomic mass is 32.2. The number of hydrogen-bond acceptors (Lipinski definition) is 5. The van der Waals surface area contributed by atoms with E-state index in [1.54, 1.807) is 0 Å². The zero-order chi connectivity index (χ0) is 21.8. The van der Waals surface area contributed by atoms with Crippen LogP contribution in [0.3, 0.4) is 0 Å². The quantitative estimate of drug-likeness (QED) is 0.366. The molecule has 30 heavy (non-hydrogen) atoms. The van der Waals surface area contributed by atoms with Gasteiger partial charge in [0.25, 0.3) is 0 Å². The number of nitrogens with zero attached hydrogens (tertiary/aromatic N) is 5. The predicted octanol–water partition coefficient (Wildman–Crippen LogP) is 4.74. The van der Waals surface area contributed by atoms with E-state index in [0.717, 1.165) is 53.1 Å². The highest BCUT2D eigenvalue weighted by molar-refractivity contribution is 7.99. The van der Waals surface area contributed by atoms with Gasteiger partial charge in [0.1, 0.15) is 0 Å². The van der Waals surface area contributed by atoms with Crippen LogP contribution in [0.1, 0.15) is 42.5 Å². The highest BCUT2D eigenvalue weighted by Gasteiger charge is 2.18. The van der Waals surface area contributed by atoms with E-state index >= 15 is 0 Å². The number of aromatic nitrogens is 4. The lowest BCUT2D eigenvalue weighted by atomic mass is 10.2. The Hall–Kier alpha value is -2.54. The molecule has 0 saturated heterocycles. The van der Waals surface area contributed by atoms with Gasteiger partial charge >= 0.3 is 0 Å². The Labute approximate surface area is 183 Å². The van der Waals surface area contributed by atoms with E-state index in [2.05, 4.69) is 64.7 Å². The molecule has 1 aromatic carbocycles. The highest BCUT2D eigenvalue weighted by Crippen LogP contribution is 2.26. The maximum absolute atomic E-state index is 12.8. The van der Waals surface area contributed by atoms with Gasteiger partial charge < -0.3 is 14.0 Å². The van der Waals surface area contributed by atoms with Gasteiger partial charge in [0.05, 0.1) is 5.75 Å². The molecule has 0 aliphatic rings. The number of ketones is 1. The van der Waals surface area contributed by atoms with Gasteiger partial charge in [0.15, 0.2) is 16.8 Å². The average molecular weight is 426 g/mol. The van der Waals surface area contributed by atoms with Gasteiger partial charge in [-0.2, -0.15) is 0 Å². The molecule has 0 bridgehead atoms. The van der Waals surface area contributed by atoms with E-state index in [0.29, 0.717) is 5.75 Å². The summed E-state index contributed by atoms with van der Waals surface area (Å²) in [4.78, 5) is 15.1. The van der Waals surface area contributed by atoms with Crippen molar-refractivity contribution in [3.63, 3.8) is 0 Å². The fourth-order valence-electron chi connectivity index (χ4n) is 3.88. The summed E-state index contributed by atoms with van der Waals surface area (Å²) in [5.74, 6) is 1.28. The Kier molecular flexibility index (Phi) is 7.02. The summed E-state index contributed by atoms with van der Waals surface area (Å²) < 4.78 is 4.12. The van der Waals surface area contributed by atoms with Gasteiger partial charge in [0.2, 0.25) is 0 Å². The van der Waals surface area contributed by atoms with Crippen LogP contribution < -0.4 is 4.90 Å². The first-order valence-electron chi connectivity index (χ1n) is 10.5. The van der Waals surface area contributed by atoms with Crippen LogP contribution in [-0.4, -0.2) is 44.0 Å². The molecule has 0 aliphatic carbocycles. The first-order chi connectivity index (χ1) is 14.4. The van der Waals surface area contributed by atoms with Gasteiger partial charge in [-0.1, -0.05) is 11.8 Å². The van der Waals surface area contributed by atoms with Crippen molar-refractivity contribution in [2.45, 2.75) is 46.3 Å². The van der Waals surface area contributed by atoms with Crippen LogP contribution in [0.15, 0.2) is 35.5 Å². The number of rotatable bonds is 9. The van der Waals surface area contributed by atoms with Crippen LogP contribution in [-0.2, 0) is 13.6 Å². The summed E-state index contributed by atoms with van der Waals surface area (Å²) in [6.45, 7) is 13.3. The largest absolute Gasteiger partial charge is 0.372 e. The molecular formula is C23H31N5OS. The summed E-state index contributed by atoms with van der Waals surface area (Å²) in [6, 6.07) is 10.4. The molecule has 0 unspecified atom stereocenters. The average Bonchev–Trinajstić information content (AvgIpc) is 3.26. The Morgan fingerprint density at radius 2 is 1.73 bits per heavy atom. The van der Waals surface area contributed by atoms with Gasteiger partial charge in [-0.25, -0.2) is 0 Å². The lowest BCUT2D eigenvalue weighted by Gasteiger charge is -2.21. The predicted molar refractivity (Wildman–Crippen MR) is 125 cm³/mol. The van der Waals surface area contributed by atoms with Gasteiger partial charge in [-0.05, 0) is 65.0 Å². The molecule has 0 N–H and O–H groups in total. The molecule has 0 aliphatic heterocycles. The summed E-state index contributed by atoms with van der Waals surface area (Å²) >= 11 is 1.43. The van der Waals surface area contributed by atoms with Gasteiger partial charge in [0, 0.05) is 54.9 Å². The third kappa shape index (κ3) is 4.31. The lowest BCUT2D eigenvalue weighted by molar-refractivity contribution is 0.102. The Morgan fingerprint density at radius 1 is 1.07 bits per heavy atom. The molecule has 0 amide bonds. The third-order valence-electron chi connectivity index (χ3n) is 5.61. The second-order valence-electron chi connectivity index (χ2n) is 7.33. The molecule has 3 aromatic rings. The molecule has 2 heterocycles. The number of aryl methyl sites for hydroxylation is 1. The molecule has 0 radical (unpaired) electrons. The van der Waals surface area contributed by atoms with Crippen LogP contribution in [0.4, 0.5) is 5.69 Å². The van der Waals surface area contributed by atoms with E-state index < -0.39 is 0 Å². The van der Waals surface area contributed by atoms with Crippen LogP contribution in [0, 0.1) is 13.8 Å². The van der Waals surface area contributed by atoms with E-state index in [4.69, 9.17) is 0 Å². The first kappa shape index (κ1) is 22.2. The zero-order valence-corrected chi connectivity index (χ0v) is 19.6. The van der Waals surface area contributed by atoms with Gasteiger partial charge in [-0.15, -0.1) is 10.2 Å². The molecule has 160 valence electrons. The molecule has 0 saturated carbocycles. The lowest BCUT2D eigenvalue weighted by Crippen LogP contribution is -2.21. The minimum atomic E-state index is 0.126. The summed E-state index contributed by atoms with van der Waals surface area (Å²) in [5, 5.41) is 9.43. The monoisotopic (exact) mass is 425 g/mol. The number of Topliss-reactive ketones (excluding diaryl/α,β-unsaturated/α-hetero) is 1. The smallest absolute Gasteiger partial charge is 0.191 e. The van der Waals surface area contributed by atoms with Crippen LogP contribution >= 0.6 is 11.8 Å². The molecule has 7 heteroatoms. The number of benzene rings is 1. The first-order valence-corrected chi connectivity index (χ1v) is 11.5. The molecule has 2 aromatic heterocycles. The van der Waals surface area contributed by atoms with Crippen molar-refractivity contribution in [2.75, 3.05) is 23.7 Å². The van der Waals surface area contributed by atoms with Crippen molar-refractivity contribution in [1.29, 1.82) is 0 Å². The minimum absolute atomic E-state index is 0.126. The molecular weight excluding hydrogens is 394 g/mol. The fourth-order valence-corrected chi connectivity index (χ4v) is 4.67. The van der Waals surface area contributed by atoms with E-state index in [9.17, 15) is 4.79 Å². The molecule has 0 fully saturated rings. The van der Waals surface area contributed by atoms with E-state index in [1.165, 1.54) is 17.4 Å². The second kappa shape index (κ2) is 9.51. The maximum Gasteiger partial charge on any atom is 0.191 e. The summed E-state index contributed by atoms with van der Waals surface area (Å²) in [5.41, 5.74) is 5.18. The Balaban J connectivity index is 1.72. The molecule has 6 nitrogen and oxygen atoms in total. The SMILES string of the molecule is CCN(CC)c1ccc(-c2nnc(SCC(=O)c3cc(C)n(CC)c3C)n2C)cc1. The third-order valence-corrected chi connectivity index (χ3v) is 6.63. The summed E-state index contributed by atoms with van der Waals surface area (Å²) in [7, 11) is 1.95. The number of carbonyl (C=O) groups excluding carboxylic acids is 1. The van der Waals surface area contributed by atoms with Crippen molar-refractivity contribution in [1.82, 2.24) is 19.3 Å². The Morgan fingerprint density at radius 3 is 2.30 bits per heavy atom. The second-order valence-corrected chi connectivity index (χ2v) is 8.27. The number of carbonyl (C=O) groups is 1. The van der Waals surface area contributed by atoms with Crippen LogP contribution in [0.2, 0.25) is 0 Å². The summed E-state index contributed by atoms with van der Waals surface area (Å²) in [6.07, 6.45) is 0. The standard InChI is InChI=1S/C23H31N5OS/c1-7-27(8-2)19-12-10-18(11-13-19)22-24-25-23(26(22)6)30-15-21(29)20-14-16(4)28(9-3)17(20)5/h10-14H,7-9,15H2,1-6H3. The normalized spacial score (nSPS) is 11.1. The maximum atomic E-state index is 12.8. The Bertz CT molecular complexity index is 1020. The minimum Gasteiger partial charge on any atom is -0.372 e. The van der Waals surface area contributed by atoms with Crippen LogP contribution in [0.5, 0.6) is 0 Å². The fraction of sp³-hybridized carbons (Fsp3) is 0.435. The van der Waals surface area contributed by atoms with E-state index in [-0.39, 0.29) is 5.78 Å². The number of hydrogen-bond donors (Lipinski definition) is 0. The van der Waals surface area contributed by atoms with Gasteiger partial charge in [-0.3, -0.25) is 4.79 Å². The number of thioether (sulfide) groups is 1. The van der Waals surface area contributed by atoms with Crippen molar-refractivity contribution < 1.29 is 4.79 Å². The van der Waals surface area contributed by atoms with Crippen molar-refractivity contribution in [3.05, 3.63) is 47.3 Å². The van der Waals surface area contributed by atoms with E-state index in [1.807, 2.05) is 31.5 Å².